The highest BCUT2D eigenvalue weighted by molar-refractivity contribution is 5.91. The second kappa shape index (κ2) is 50.3. The van der Waals surface area contributed by atoms with Crippen LogP contribution in [0.4, 0.5) is 0 Å². The molecule has 0 heterocycles. The molecule has 0 aromatic carbocycles. The van der Waals surface area contributed by atoms with Crippen molar-refractivity contribution in [1.29, 1.82) is 0 Å². The average Bonchev–Trinajstić information content (AvgIpc) is 3.33. The topological polar surface area (TPSA) is 150 Å². The Morgan fingerprint density at radius 2 is 0.493 bits per heavy atom. The Balaban J connectivity index is 6.24. The molecule has 0 unspecified atom stereocenters. The minimum atomic E-state index is -0.560. The standard InChI is InChI=1S/C58H114N6O5/c1-5-9-13-17-21-28-34-40-46-61(50-54(60)65)56(67)52-63(48-42-36-30-23-19-15-11-7-3)58(69)53-64(49-43-37-31-24-20-16-12-8-4)57(68)51-62(47-41-35-29-22-18-14-10-6-2)55(66)44-38-32-26-25-27-33-39-45-59/h5-53,59H2,1-4H3,(H2,60,65). The van der Waals surface area contributed by atoms with Gasteiger partial charge in [0.1, 0.15) is 0 Å². The van der Waals surface area contributed by atoms with Crippen molar-refractivity contribution >= 4 is 29.5 Å². The third-order valence-electron chi connectivity index (χ3n) is 14.0. The Labute approximate surface area is 426 Å². The Hall–Kier alpha value is -2.69. The molecular weight excluding hydrogens is 861 g/mol. The number of amides is 5. The Morgan fingerprint density at radius 1 is 0.275 bits per heavy atom. The van der Waals surface area contributed by atoms with Gasteiger partial charge in [-0.25, -0.2) is 0 Å². The first-order chi connectivity index (χ1) is 33.6. The molecule has 4 N–H and O–H groups in total. The van der Waals surface area contributed by atoms with Gasteiger partial charge >= 0.3 is 0 Å². The van der Waals surface area contributed by atoms with Crippen molar-refractivity contribution in [1.82, 2.24) is 19.6 Å². The fraction of sp³-hybridized carbons (Fsp3) is 0.914. The summed E-state index contributed by atoms with van der Waals surface area (Å²) >= 11 is 0. The number of rotatable bonds is 53. The van der Waals surface area contributed by atoms with Crippen LogP contribution in [0.5, 0.6) is 0 Å². The minimum Gasteiger partial charge on any atom is -0.368 e. The van der Waals surface area contributed by atoms with E-state index >= 15 is 0 Å². The van der Waals surface area contributed by atoms with Gasteiger partial charge < -0.3 is 31.1 Å². The van der Waals surface area contributed by atoms with Gasteiger partial charge in [-0.3, -0.25) is 24.0 Å². The predicted octanol–water partition coefficient (Wildman–Crippen LogP) is 13.4. The van der Waals surface area contributed by atoms with Crippen molar-refractivity contribution in [3.8, 4) is 0 Å². The molecule has 69 heavy (non-hydrogen) atoms. The molecule has 0 aliphatic rings. The van der Waals surface area contributed by atoms with E-state index in [1.807, 2.05) is 0 Å². The van der Waals surface area contributed by atoms with E-state index in [2.05, 4.69) is 27.7 Å². The summed E-state index contributed by atoms with van der Waals surface area (Å²) in [6.45, 7) is 11.0. The van der Waals surface area contributed by atoms with Gasteiger partial charge in [0.05, 0.1) is 26.2 Å². The lowest BCUT2D eigenvalue weighted by molar-refractivity contribution is -0.146. The highest BCUT2D eigenvalue weighted by Gasteiger charge is 2.27. The van der Waals surface area contributed by atoms with Crippen LogP contribution in [0.2, 0.25) is 0 Å². The van der Waals surface area contributed by atoms with Crippen molar-refractivity contribution in [2.24, 2.45) is 11.5 Å². The minimum absolute atomic E-state index is 0.0271. The van der Waals surface area contributed by atoms with Crippen molar-refractivity contribution in [2.45, 2.75) is 285 Å². The summed E-state index contributed by atoms with van der Waals surface area (Å²) in [6, 6.07) is 0. The van der Waals surface area contributed by atoms with E-state index in [0.717, 1.165) is 135 Å². The molecule has 0 bridgehead atoms. The number of hydrogen-bond donors (Lipinski definition) is 2. The maximum atomic E-state index is 14.5. The maximum Gasteiger partial charge on any atom is 0.242 e. The van der Waals surface area contributed by atoms with Crippen LogP contribution in [0.1, 0.15) is 285 Å². The molecule has 5 amide bonds. The zero-order valence-electron chi connectivity index (χ0n) is 46.1. The van der Waals surface area contributed by atoms with Gasteiger partial charge in [-0.15, -0.1) is 0 Å². The summed E-state index contributed by atoms with van der Waals surface area (Å²) in [5, 5.41) is 0. The molecule has 0 saturated carbocycles. The van der Waals surface area contributed by atoms with E-state index in [9.17, 15) is 24.0 Å². The molecule has 0 aromatic rings. The molecule has 0 saturated heterocycles. The maximum absolute atomic E-state index is 14.5. The molecule has 11 heteroatoms. The van der Waals surface area contributed by atoms with Crippen LogP contribution >= 0.6 is 0 Å². The number of unbranched alkanes of at least 4 members (excludes halogenated alkanes) is 34. The Kier molecular flexibility index (Phi) is 48.3. The molecule has 0 rings (SSSR count). The van der Waals surface area contributed by atoms with Gasteiger partial charge in [0.25, 0.3) is 0 Å². The van der Waals surface area contributed by atoms with Crippen LogP contribution in [0, 0.1) is 0 Å². The number of carbonyl (C=O) groups excluding carboxylic acids is 5. The third-order valence-corrected chi connectivity index (χ3v) is 14.0. The van der Waals surface area contributed by atoms with E-state index in [-0.39, 0.29) is 49.8 Å². The van der Waals surface area contributed by atoms with Gasteiger partial charge in [-0.2, -0.15) is 0 Å². The first-order valence-corrected chi connectivity index (χ1v) is 29.7. The number of carbonyl (C=O) groups is 5. The van der Waals surface area contributed by atoms with Crippen LogP contribution < -0.4 is 11.5 Å². The normalized spacial score (nSPS) is 11.3. The average molecular weight is 976 g/mol. The van der Waals surface area contributed by atoms with Crippen LogP contribution in [-0.4, -0.2) is 108 Å². The van der Waals surface area contributed by atoms with Crippen molar-refractivity contribution < 1.29 is 24.0 Å². The van der Waals surface area contributed by atoms with E-state index < -0.39 is 5.91 Å². The number of nitrogens with two attached hydrogens (primary N) is 2. The predicted molar refractivity (Wildman–Crippen MR) is 292 cm³/mol. The molecule has 0 aliphatic carbocycles. The second-order valence-electron chi connectivity index (χ2n) is 20.6. The zero-order chi connectivity index (χ0) is 50.8. The SMILES string of the molecule is CCCCCCCCCCN(CC(N)=O)C(=O)CN(CCCCCCCCCC)C(=O)CN(CCCCCCCCCC)C(=O)CN(CCCCCCCCCC)C(=O)CCCCCCCCCN. The first kappa shape index (κ1) is 66.3. The number of hydrogen-bond acceptors (Lipinski definition) is 6. The molecule has 0 aromatic heterocycles. The fourth-order valence-electron chi connectivity index (χ4n) is 9.35. The third kappa shape index (κ3) is 41.6. The van der Waals surface area contributed by atoms with Crippen LogP contribution in [0.3, 0.4) is 0 Å². The lowest BCUT2D eigenvalue weighted by Gasteiger charge is -2.31. The number of nitrogens with zero attached hydrogens (tertiary/aromatic N) is 4. The van der Waals surface area contributed by atoms with E-state index in [0.29, 0.717) is 32.6 Å². The van der Waals surface area contributed by atoms with Crippen LogP contribution in [0.15, 0.2) is 0 Å². The molecule has 11 nitrogen and oxygen atoms in total. The highest BCUT2D eigenvalue weighted by Crippen LogP contribution is 2.16. The van der Waals surface area contributed by atoms with Gasteiger partial charge in [0.2, 0.25) is 29.5 Å². The first-order valence-electron chi connectivity index (χ1n) is 29.7. The summed E-state index contributed by atoms with van der Waals surface area (Å²) in [4.78, 5) is 75.9. The molecule has 0 aliphatic heterocycles. The van der Waals surface area contributed by atoms with Crippen molar-refractivity contribution in [3.05, 3.63) is 0 Å². The molecule has 0 fully saturated rings. The Morgan fingerprint density at radius 3 is 0.754 bits per heavy atom. The molecule has 0 spiro atoms. The summed E-state index contributed by atoms with van der Waals surface area (Å²) in [6.07, 6.45) is 43.9. The largest absolute Gasteiger partial charge is 0.368 e. The van der Waals surface area contributed by atoms with Crippen molar-refractivity contribution in [3.63, 3.8) is 0 Å². The van der Waals surface area contributed by atoms with E-state index in [1.54, 1.807) is 14.7 Å². The van der Waals surface area contributed by atoms with Crippen molar-refractivity contribution in [2.75, 3.05) is 58.9 Å². The molecule has 406 valence electrons. The number of primary amides is 1. The molecule has 0 atom stereocenters. The summed E-state index contributed by atoms with van der Waals surface area (Å²) in [5.74, 6) is -1.25. The second-order valence-corrected chi connectivity index (χ2v) is 20.6. The lowest BCUT2D eigenvalue weighted by atomic mass is 10.1. The fourth-order valence-corrected chi connectivity index (χ4v) is 9.35. The van der Waals surface area contributed by atoms with Crippen LogP contribution in [0.25, 0.3) is 0 Å². The lowest BCUT2D eigenvalue weighted by Crippen LogP contribution is -2.50. The quantitative estimate of drug-likeness (QED) is 0.0579. The molecular formula is C58H114N6O5. The highest BCUT2D eigenvalue weighted by atomic mass is 16.2. The molecule has 0 radical (unpaired) electrons. The van der Waals surface area contributed by atoms with Gasteiger partial charge in [0, 0.05) is 32.6 Å². The van der Waals surface area contributed by atoms with E-state index in [1.165, 1.54) is 127 Å². The van der Waals surface area contributed by atoms with Gasteiger partial charge in [0.15, 0.2) is 0 Å². The Bertz CT molecular complexity index is 1220. The summed E-state index contributed by atoms with van der Waals surface area (Å²) in [5.41, 5.74) is 11.3. The van der Waals surface area contributed by atoms with E-state index in [4.69, 9.17) is 11.5 Å². The van der Waals surface area contributed by atoms with Gasteiger partial charge in [-0.05, 0) is 45.1 Å². The summed E-state index contributed by atoms with van der Waals surface area (Å²) < 4.78 is 0. The smallest absolute Gasteiger partial charge is 0.242 e. The zero-order valence-corrected chi connectivity index (χ0v) is 46.1. The van der Waals surface area contributed by atoms with Crippen LogP contribution in [-0.2, 0) is 24.0 Å². The monoisotopic (exact) mass is 975 g/mol. The summed E-state index contributed by atoms with van der Waals surface area (Å²) in [7, 11) is 0. The van der Waals surface area contributed by atoms with Gasteiger partial charge in [-0.1, -0.05) is 240 Å².